The number of nitrogens with one attached hydrogen (secondary N) is 1. The van der Waals surface area contributed by atoms with E-state index in [0.29, 0.717) is 6.42 Å². The van der Waals surface area contributed by atoms with Gasteiger partial charge in [-0.2, -0.15) is 13.2 Å². The SMILES string of the molecule is Cc1ccc(C2CCC(C(F)(F)F)CN2)cc1C. The van der Waals surface area contributed by atoms with E-state index in [2.05, 4.69) is 11.4 Å². The molecule has 4 heteroatoms. The number of alkyl halides is 3. The molecule has 1 nitrogen and oxygen atoms in total. The van der Waals surface area contributed by atoms with Gasteiger partial charge < -0.3 is 5.32 Å². The van der Waals surface area contributed by atoms with E-state index in [4.69, 9.17) is 0 Å². The highest BCUT2D eigenvalue weighted by molar-refractivity contribution is 5.31. The van der Waals surface area contributed by atoms with Crippen molar-refractivity contribution in [3.8, 4) is 0 Å². The minimum atomic E-state index is -4.07. The van der Waals surface area contributed by atoms with Crippen molar-refractivity contribution in [3.63, 3.8) is 0 Å². The van der Waals surface area contributed by atoms with Gasteiger partial charge >= 0.3 is 6.18 Å². The van der Waals surface area contributed by atoms with Crippen molar-refractivity contribution in [1.82, 2.24) is 5.32 Å². The Morgan fingerprint density at radius 3 is 2.33 bits per heavy atom. The normalized spacial score (nSPS) is 25.2. The molecule has 0 radical (unpaired) electrons. The van der Waals surface area contributed by atoms with Crippen LogP contribution < -0.4 is 5.32 Å². The van der Waals surface area contributed by atoms with E-state index < -0.39 is 12.1 Å². The molecule has 1 fully saturated rings. The van der Waals surface area contributed by atoms with Crippen LogP contribution in [-0.2, 0) is 0 Å². The lowest BCUT2D eigenvalue weighted by Crippen LogP contribution is -2.40. The van der Waals surface area contributed by atoms with Crippen molar-refractivity contribution in [2.24, 2.45) is 5.92 Å². The fourth-order valence-corrected chi connectivity index (χ4v) is 2.40. The number of halogens is 3. The van der Waals surface area contributed by atoms with Gasteiger partial charge in [0.1, 0.15) is 0 Å². The van der Waals surface area contributed by atoms with E-state index >= 15 is 0 Å². The van der Waals surface area contributed by atoms with Crippen LogP contribution in [-0.4, -0.2) is 12.7 Å². The fraction of sp³-hybridized carbons (Fsp3) is 0.571. The third kappa shape index (κ3) is 2.86. The average molecular weight is 257 g/mol. The zero-order valence-corrected chi connectivity index (χ0v) is 10.6. The largest absolute Gasteiger partial charge is 0.393 e. The summed E-state index contributed by atoms with van der Waals surface area (Å²) in [6.45, 7) is 4.09. The summed E-state index contributed by atoms with van der Waals surface area (Å²) in [5.74, 6) is -1.19. The standard InChI is InChI=1S/C14H18F3N/c1-9-3-4-11(7-10(9)2)13-6-5-12(8-18-13)14(15,16)17/h3-4,7,12-13,18H,5-6,8H2,1-2H3. The van der Waals surface area contributed by atoms with E-state index in [1.807, 2.05) is 26.0 Å². The molecule has 2 rings (SSSR count). The van der Waals surface area contributed by atoms with Crippen molar-refractivity contribution in [2.75, 3.05) is 6.54 Å². The fourth-order valence-electron chi connectivity index (χ4n) is 2.40. The third-order valence-electron chi connectivity index (χ3n) is 3.81. The van der Waals surface area contributed by atoms with Gasteiger partial charge in [0.05, 0.1) is 5.92 Å². The number of piperidine rings is 1. The first-order valence-electron chi connectivity index (χ1n) is 6.25. The summed E-state index contributed by atoms with van der Waals surface area (Å²) in [6.07, 6.45) is -3.30. The van der Waals surface area contributed by atoms with Gasteiger partial charge in [-0.25, -0.2) is 0 Å². The zero-order chi connectivity index (χ0) is 13.3. The molecule has 100 valence electrons. The van der Waals surface area contributed by atoms with Crippen LogP contribution >= 0.6 is 0 Å². The molecule has 1 saturated heterocycles. The lowest BCUT2D eigenvalue weighted by molar-refractivity contribution is -0.179. The molecule has 0 saturated carbocycles. The molecule has 1 aliphatic heterocycles. The predicted octanol–water partition coefficient (Wildman–Crippen LogP) is 3.91. The maximum atomic E-state index is 12.5. The Bertz CT molecular complexity index is 418. The van der Waals surface area contributed by atoms with Crippen LogP contribution in [0.4, 0.5) is 13.2 Å². The van der Waals surface area contributed by atoms with Gasteiger partial charge in [0, 0.05) is 12.6 Å². The minimum absolute atomic E-state index is 0.0289. The number of hydrogen-bond acceptors (Lipinski definition) is 1. The van der Waals surface area contributed by atoms with Crippen molar-refractivity contribution in [1.29, 1.82) is 0 Å². The van der Waals surface area contributed by atoms with Crippen LogP contribution in [0.1, 0.15) is 35.6 Å². The highest BCUT2D eigenvalue weighted by atomic mass is 19.4. The molecule has 1 aromatic carbocycles. The molecular formula is C14H18F3N. The van der Waals surface area contributed by atoms with E-state index in [0.717, 1.165) is 5.56 Å². The molecule has 1 N–H and O–H groups in total. The van der Waals surface area contributed by atoms with Crippen molar-refractivity contribution >= 4 is 0 Å². The molecule has 1 heterocycles. The Balaban J connectivity index is 2.03. The maximum absolute atomic E-state index is 12.5. The Hall–Kier alpha value is -1.03. The smallest absolute Gasteiger partial charge is 0.309 e. The molecule has 0 bridgehead atoms. The van der Waals surface area contributed by atoms with Gasteiger partial charge in [0.25, 0.3) is 0 Å². The Morgan fingerprint density at radius 2 is 1.83 bits per heavy atom. The predicted molar refractivity (Wildman–Crippen MR) is 65.4 cm³/mol. The maximum Gasteiger partial charge on any atom is 0.393 e. The second kappa shape index (κ2) is 4.92. The van der Waals surface area contributed by atoms with Crippen LogP contribution in [0.3, 0.4) is 0 Å². The summed E-state index contributed by atoms with van der Waals surface area (Å²) in [7, 11) is 0. The molecule has 1 aromatic rings. The summed E-state index contributed by atoms with van der Waals surface area (Å²) in [5.41, 5.74) is 3.49. The van der Waals surface area contributed by atoms with Crippen LogP contribution in [0.15, 0.2) is 18.2 Å². The van der Waals surface area contributed by atoms with E-state index in [1.54, 1.807) is 0 Å². The molecule has 0 spiro atoms. The molecule has 18 heavy (non-hydrogen) atoms. The zero-order valence-electron chi connectivity index (χ0n) is 10.6. The Labute approximate surface area is 105 Å². The van der Waals surface area contributed by atoms with E-state index in [-0.39, 0.29) is 19.0 Å². The van der Waals surface area contributed by atoms with Crippen molar-refractivity contribution in [2.45, 2.75) is 38.9 Å². The second-order valence-electron chi connectivity index (χ2n) is 5.12. The summed E-state index contributed by atoms with van der Waals surface area (Å²) >= 11 is 0. The number of aryl methyl sites for hydroxylation is 2. The molecule has 0 aliphatic carbocycles. The third-order valence-corrected chi connectivity index (χ3v) is 3.81. The van der Waals surface area contributed by atoms with Crippen molar-refractivity contribution < 1.29 is 13.2 Å². The topological polar surface area (TPSA) is 12.0 Å². The molecule has 2 unspecified atom stereocenters. The molecule has 0 amide bonds. The van der Waals surface area contributed by atoms with Gasteiger partial charge in [-0.15, -0.1) is 0 Å². The van der Waals surface area contributed by atoms with Crippen LogP contribution in [0.25, 0.3) is 0 Å². The van der Waals surface area contributed by atoms with Gasteiger partial charge in [-0.05, 0) is 43.4 Å². The average Bonchev–Trinajstić information content (AvgIpc) is 2.32. The van der Waals surface area contributed by atoms with Crippen molar-refractivity contribution in [3.05, 3.63) is 34.9 Å². The number of hydrogen-bond donors (Lipinski definition) is 1. The molecule has 2 atom stereocenters. The first-order valence-corrected chi connectivity index (χ1v) is 6.25. The van der Waals surface area contributed by atoms with E-state index in [9.17, 15) is 13.2 Å². The minimum Gasteiger partial charge on any atom is -0.309 e. The summed E-state index contributed by atoms with van der Waals surface area (Å²) in [4.78, 5) is 0. The van der Waals surface area contributed by atoms with E-state index in [1.165, 1.54) is 11.1 Å². The molecule has 1 aliphatic rings. The van der Waals surface area contributed by atoms with Gasteiger partial charge in [-0.3, -0.25) is 0 Å². The Kier molecular flexibility index (Phi) is 3.66. The van der Waals surface area contributed by atoms with Crippen LogP contribution in [0.5, 0.6) is 0 Å². The lowest BCUT2D eigenvalue weighted by atomic mass is 9.89. The lowest BCUT2D eigenvalue weighted by Gasteiger charge is -2.31. The van der Waals surface area contributed by atoms with Gasteiger partial charge in [-0.1, -0.05) is 18.2 Å². The molecule has 0 aromatic heterocycles. The quantitative estimate of drug-likeness (QED) is 0.804. The highest BCUT2D eigenvalue weighted by Gasteiger charge is 2.41. The monoisotopic (exact) mass is 257 g/mol. The molecular weight excluding hydrogens is 239 g/mol. The summed E-state index contributed by atoms with van der Waals surface area (Å²) in [5, 5.41) is 3.02. The first kappa shape index (κ1) is 13.4. The first-order chi connectivity index (χ1) is 8.38. The number of benzene rings is 1. The summed E-state index contributed by atoms with van der Waals surface area (Å²) < 4.78 is 37.6. The highest BCUT2D eigenvalue weighted by Crippen LogP contribution is 2.35. The van der Waals surface area contributed by atoms with Gasteiger partial charge in [0.2, 0.25) is 0 Å². The summed E-state index contributed by atoms with van der Waals surface area (Å²) in [6, 6.07) is 6.17. The number of rotatable bonds is 1. The van der Waals surface area contributed by atoms with Crippen LogP contribution in [0, 0.1) is 19.8 Å². The van der Waals surface area contributed by atoms with Gasteiger partial charge in [0.15, 0.2) is 0 Å². The second-order valence-corrected chi connectivity index (χ2v) is 5.12. The Morgan fingerprint density at radius 1 is 1.11 bits per heavy atom. The van der Waals surface area contributed by atoms with Crippen LogP contribution in [0.2, 0.25) is 0 Å².